The Bertz CT molecular complexity index is 2570. The van der Waals surface area contributed by atoms with E-state index in [-0.39, 0.29) is 0 Å². The molecule has 0 aromatic heterocycles. The molecule has 0 aliphatic heterocycles. The fourth-order valence-corrected chi connectivity index (χ4v) is 23.5. The molecule has 1 unspecified atom stereocenters. The smallest absolute Gasteiger partial charge is 0.0215 e. The third-order valence-corrected chi connectivity index (χ3v) is 31.6. The van der Waals surface area contributed by atoms with Crippen LogP contribution in [0.25, 0.3) is 32.3 Å². The minimum atomic E-state index is 0.703. The second-order valence-electron chi connectivity index (χ2n) is 34.6. The Morgan fingerprint density at radius 1 is 0.165 bits per heavy atom. The molecule has 630 valence electrons. The summed E-state index contributed by atoms with van der Waals surface area (Å²) in [6, 6.07) is 16.6. The Morgan fingerprint density at radius 2 is 0.284 bits per heavy atom. The van der Waals surface area contributed by atoms with E-state index in [1.165, 1.54) is 523 Å². The van der Waals surface area contributed by atoms with Crippen LogP contribution < -0.4 is 0 Å². The van der Waals surface area contributed by atoms with Crippen molar-refractivity contribution in [1.29, 1.82) is 0 Å². The molecule has 0 nitrogen and oxygen atoms in total. The monoisotopic (exact) mass is 1610 g/mol. The molecular weight excluding hydrogens is 1430 g/mol. The summed E-state index contributed by atoms with van der Waals surface area (Å²) in [6.07, 6.45) is 101. The van der Waals surface area contributed by atoms with Gasteiger partial charge in [0.2, 0.25) is 0 Å². The van der Waals surface area contributed by atoms with E-state index in [9.17, 15) is 0 Å². The van der Waals surface area contributed by atoms with Gasteiger partial charge in [0.15, 0.2) is 0 Å². The van der Waals surface area contributed by atoms with Crippen LogP contribution in [-0.2, 0) is 0 Å². The molecule has 0 spiro atoms. The van der Waals surface area contributed by atoms with Crippen molar-refractivity contribution in [2.75, 3.05) is 34.5 Å². The van der Waals surface area contributed by atoms with E-state index < -0.39 is 0 Å². The molecule has 4 rings (SSSR count). The highest BCUT2D eigenvalue weighted by atomic mass is 32.2. The number of hydrogen-bond acceptors (Lipinski definition) is 6. The summed E-state index contributed by atoms with van der Waals surface area (Å²) in [5.74, 6) is 8.06. The van der Waals surface area contributed by atoms with Gasteiger partial charge in [-0.1, -0.05) is 472 Å². The molecule has 0 amide bonds. The summed E-state index contributed by atoms with van der Waals surface area (Å²) in [7, 11) is 0. The number of unbranched alkanes of at least 4 members (excludes halogenated alkanes) is 65. The first-order valence-electron chi connectivity index (χ1n) is 49.3. The van der Waals surface area contributed by atoms with E-state index in [4.69, 9.17) is 0 Å². The van der Waals surface area contributed by atoms with Gasteiger partial charge in [-0.05, 0) is 136 Å². The van der Waals surface area contributed by atoms with Crippen molar-refractivity contribution in [1.82, 2.24) is 0 Å². The fourth-order valence-electron chi connectivity index (χ4n) is 16.4. The molecule has 4 aromatic carbocycles. The molecule has 4 aromatic rings. The van der Waals surface area contributed by atoms with Gasteiger partial charge in [-0.2, -0.15) is 0 Å². The van der Waals surface area contributed by atoms with E-state index >= 15 is 0 Å². The number of fused-ring (bicyclic) bond motifs is 6. The number of benzene rings is 4. The fraction of sp³-hybridized carbons (Fsp3) is 0.825. The van der Waals surface area contributed by atoms with Crippen LogP contribution in [0, 0.1) is 5.92 Å². The van der Waals surface area contributed by atoms with Crippen molar-refractivity contribution < 1.29 is 0 Å². The van der Waals surface area contributed by atoms with Crippen LogP contribution in [0.15, 0.2) is 65.8 Å². The van der Waals surface area contributed by atoms with Crippen LogP contribution in [0.3, 0.4) is 0 Å². The minimum absolute atomic E-state index is 0.703. The maximum Gasteiger partial charge on any atom is 0.0215 e. The normalized spacial score (nSPS) is 12.2. The Kier molecular flexibility index (Phi) is 69.8. The third-order valence-electron chi connectivity index (χ3n) is 24.1. The lowest BCUT2D eigenvalue weighted by atomic mass is 9.94. The summed E-state index contributed by atoms with van der Waals surface area (Å²) < 4.78 is 0. The second-order valence-corrected chi connectivity index (χ2v) is 41.3. The van der Waals surface area contributed by atoms with Crippen LogP contribution >= 0.6 is 70.6 Å². The second kappa shape index (κ2) is 75.2. The topological polar surface area (TPSA) is 0 Å². The molecular formula is C103H182S6. The molecule has 0 bridgehead atoms. The first-order chi connectivity index (χ1) is 54.0. The van der Waals surface area contributed by atoms with E-state index in [0.717, 1.165) is 0 Å². The molecule has 0 aliphatic carbocycles. The average Bonchev–Trinajstić information content (AvgIpc) is 0.727. The zero-order valence-electron chi connectivity index (χ0n) is 73.9. The Balaban J connectivity index is 1.67. The highest BCUT2D eigenvalue weighted by molar-refractivity contribution is 8.03. The molecule has 0 saturated heterocycles. The van der Waals surface area contributed by atoms with Gasteiger partial charge in [-0.15, -0.1) is 70.6 Å². The lowest BCUT2D eigenvalue weighted by Gasteiger charge is -2.20. The maximum absolute atomic E-state index is 2.77. The molecule has 0 fully saturated rings. The molecule has 0 aliphatic rings. The molecule has 6 heteroatoms. The average molecular weight is 1610 g/mol. The maximum atomic E-state index is 2.77. The molecule has 0 saturated carbocycles. The molecule has 109 heavy (non-hydrogen) atoms. The van der Waals surface area contributed by atoms with Gasteiger partial charge in [-0.25, -0.2) is 0 Å². The first kappa shape index (κ1) is 101. The first-order valence-corrected chi connectivity index (χ1v) is 55.2. The zero-order chi connectivity index (χ0) is 77.4. The van der Waals surface area contributed by atoms with Gasteiger partial charge in [0.05, 0.1) is 0 Å². The highest BCUT2D eigenvalue weighted by Crippen LogP contribution is 2.48. The van der Waals surface area contributed by atoms with Crippen molar-refractivity contribution in [3.05, 3.63) is 36.4 Å². The summed E-state index contributed by atoms with van der Waals surface area (Å²) in [5.41, 5.74) is 0. The summed E-state index contributed by atoms with van der Waals surface area (Å²) in [6.45, 7) is 16.6. The standard InChI is InChI=1S/C103H182S6/c1-8-14-19-24-29-34-39-44-49-54-59-64-69-74-79-104-98-84-92-93-85-99(105-80-75-70-65-60-55-50-45-40-35-30-25-20-15-9-2)101(107-82-77-72-67-62-57-52-47-42-37-32-27-22-17-11-4)87-95(93)97-89-103(109-90-91(7)13-6)102(108-83-78-73-68-63-58-53-48-43-38-33-28-23-18-12-5)88-96(97)94(92)86-100(98)106-81-76-71-66-61-56-51-46-41-36-31-26-21-16-10-3/h84-89,91H,8-83,90H2,1-7H3. The van der Waals surface area contributed by atoms with Gasteiger partial charge in [0, 0.05) is 35.1 Å². The number of hydrogen-bond donors (Lipinski definition) is 0. The van der Waals surface area contributed by atoms with E-state index in [1.807, 2.05) is 0 Å². The number of thioether (sulfide) groups is 6. The van der Waals surface area contributed by atoms with Crippen molar-refractivity contribution in [2.24, 2.45) is 5.92 Å². The Labute approximate surface area is 707 Å². The molecule has 1 atom stereocenters. The van der Waals surface area contributed by atoms with E-state index in [0.29, 0.717) is 5.92 Å². The minimum Gasteiger partial charge on any atom is -0.125 e. The van der Waals surface area contributed by atoms with Crippen molar-refractivity contribution >= 4 is 103 Å². The van der Waals surface area contributed by atoms with E-state index in [1.54, 1.807) is 29.4 Å². The predicted octanol–water partition coefficient (Wildman–Crippen LogP) is 40.2. The number of rotatable bonds is 84. The quantitative estimate of drug-likeness (QED) is 0.0244. The van der Waals surface area contributed by atoms with Crippen molar-refractivity contribution in [2.45, 2.75) is 534 Å². The largest absolute Gasteiger partial charge is 0.125 e. The lowest BCUT2D eigenvalue weighted by molar-refractivity contribution is 0.538. The van der Waals surface area contributed by atoms with Crippen LogP contribution in [-0.4, -0.2) is 34.5 Å². The Hall–Kier alpha value is -0.240. The van der Waals surface area contributed by atoms with Gasteiger partial charge in [-0.3, -0.25) is 0 Å². The van der Waals surface area contributed by atoms with Crippen molar-refractivity contribution in [3.8, 4) is 0 Å². The SMILES string of the molecule is CCCCCCCCCCCCCCCCSc1cc2c3cc(SCCCCCCCCCCCCCCCC)c(SCCCCCCCCCCCCCCCC)cc3c3cc(SCC(C)CC)c(SCCCCCCCCCCCCCCCC)cc3c2cc1SCCCCCCCCCCCCCCCC. The predicted molar refractivity (Wildman–Crippen MR) is 514 cm³/mol. The van der Waals surface area contributed by atoms with Crippen molar-refractivity contribution in [3.63, 3.8) is 0 Å². The summed E-state index contributed by atoms with van der Waals surface area (Å²) >= 11 is 13.3. The lowest BCUT2D eigenvalue weighted by Crippen LogP contribution is -1.97. The third kappa shape index (κ3) is 52.3. The van der Waals surface area contributed by atoms with Gasteiger partial charge < -0.3 is 0 Å². The van der Waals surface area contributed by atoms with Gasteiger partial charge >= 0.3 is 0 Å². The van der Waals surface area contributed by atoms with Crippen LogP contribution in [0.5, 0.6) is 0 Å². The van der Waals surface area contributed by atoms with Crippen LogP contribution in [0.1, 0.15) is 504 Å². The van der Waals surface area contributed by atoms with Crippen LogP contribution in [0.2, 0.25) is 0 Å². The summed E-state index contributed by atoms with van der Waals surface area (Å²) in [4.78, 5) is 9.37. The Morgan fingerprint density at radius 3 is 0.413 bits per heavy atom. The van der Waals surface area contributed by atoms with Gasteiger partial charge in [0.1, 0.15) is 0 Å². The highest BCUT2D eigenvalue weighted by Gasteiger charge is 2.20. The summed E-state index contributed by atoms with van der Waals surface area (Å²) in [5, 5.41) is 9.13. The van der Waals surface area contributed by atoms with Gasteiger partial charge in [0.25, 0.3) is 0 Å². The molecule has 0 N–H and O–H groups in total. The molecule has 0 radical (unpaired) electrons. The van der Waals surface area contributed by atoms with E-state index in [2.05, 4.69) is 155 Å². The van der Waals surface area contributed by atoms with Crippen LogP contribution in [0.4, 0.5) is 0 Å². The molecule has 0 heterocycles. The zero-order valence-corrected chi connectivity index (χ0v) is 78.8.